The molecule has 7 nitrogen and oxygen atoms in total. The van der Waals surface area contributed by atoms with Crippen LogP contribution in [0.2, 0.25) is 0 Å². The number of nitrogens with one attached hydrogen (secondary N) is 1. The number of amides is 1. The summed E-state index contributed by atoms with van der Waals surface area (Å²) in [5.74, 6) is -0.0950. The third kappa shape index (κ3) is 8.38. The molecule has 3 fully saturated rings. The summed E-state index contributed by atoms with van der Waals surface area (Å²) in [5, 5.41) is 1.23. The lowest BCUT2D eigenvalue weighted by Gasteiger charge is -2.41. The van der Waals surface area contributed by atoms with Gasteiger partial charge in [0.15, 0.2) is 6.23 Å². The number of carbonyl (C=O) groups is 1. The van der Waals surface area contributed by atoms with Crippen LogP contribution in [0.3, 0.4) is 0 Å². The van der Waals surface area contributed by atoms with E-state index < -0.39 is 25.6 Å². The molecule has 3 saturated heterocycles. The quantitative estimate of drug-likeness (QED) is 0.338. The van der Waals surface area contributed by atoms with E-state index in [-0.39, 0.29) is 24.8 Å². The Bertz CT molecular complexity index is 940. The van der Waals surface area contributed by atoms with Gasteiger partial charge in [0, 0.05) is 25.2 Å². The second kappa shape index (κ2) is 15.5. The van der Waals surface area contributed by atoms with Crippen LogP contribution in [-0.4, -0.2) is 92.2 Å². The van der Waals surface area contributed by atoms with E-state index in [0.717, 1.165) is 39.1 Å². The molecule has 0 bridgehead atoms. The van der Waals surface area contributed by atoms with Crippen LogP contribution in [0, 0.1) is 5.92 Å². The second-order valence-electron chi connectivity index (χ2n) is 10.1. The zero-order valence-corrected chi connectivity index (χ0v) is 23.3. The van der Waals surface area contributed by atoms with E-state index in [0.29, 0.717) is 29.3 Å². The van der Waals surface area contributed by atoms with E-state index in [2.05, 4.69) is 16.9 Å². The molecule has 10 heteroatoms. The van der Waals surface area contributed by atoms with Gasteiger partial charge in [-0.1, -0.05) is 37.8 Å². The minimum absolute atomic E-state index is 0.0236. The molecular formula is C29H43F3N4O3. The van der Waals surface area contributed by atoms with Crippen molar-refractivity contribution in [3.05, 3.63) is 59.9 Å². The molecule has 1 N–H and O–H groups in total. The first-order valence-corrected chi connectivity index (χ1v) is 13.8. The lowest BCUT2D eigenvalue weighted by molar-refractivity contribution is -0.136. The predicted molar refractivity (Wildman–Crippen MR) is 146 cm³/mol. The summed E-state index contributed by atoms with van der Waals surface area (Å²) >= 11 is 0. The van der Waals surface area contributed by atoms with Gasteiger partial charge < -0.3 is 14.4 Å². The number of carbonyl (C=O) groups excluding carboxylic acids is 1. The summed E-state index contributed by atoms with van der Waals surface area (Å²) in [5.41, 5.74) is 4.63. The highest BCUT2D eigenvalue weighted by Crippen LogP contribution is 2.27. The fourth-order valence-electron chi connectivity index (χ4n) is 5.11. The second-order valence-corrected chi connectivity index (χ2v) is 10.1. The first kappa shape index (κ1) is 31.3. The summed E-state index contributed by atoms with van der Waals surface area (Å²) in [6.07, 6.45) is 8.21. The summed E-state index contributed by atoms with van der Waals surface area (Å²) in [7, 11) is 1.49. The zero-order chi connectivity index (χ0) is 28.4. The molecular weight excluding hydrogens is 509 g/mol. The Morgan fingerprint density at radius 2 is 1.97 bits per heavy atom. The molecule has 218 valence electrons. The Balaban J connectivity index is 1.74. The maximum atomic E-state index is 14.2. The summed E-state index contributed by atoms with van der Waals surface area (Å²) in [6.45, 7) is 10.4. The standard InChI is InChI=1S/C29H43F3N4O3/c1-5-8-23(27-33-34(4)29(39-27)26(31)32)17-21(18-30)11-16-36(24(9-6-2)10-7-3)28(37)22-12-14-35(15-13-22)25-19-38-20-25/h6-10,17,22,25-27,29,33H,2,5,11-16,18-20H2,1,3-4H3/b10-7-,21-17+,23-8+,24-9+. The molecule has 0 saturated carbocycles. The van der Waals surface area contributed by atoms with Gasteiger partial charge in [-0.15, -0.1) is 0 Å². The van der Waals surface area contributed by atoms with Crippen LogP contribution < -0.4 is 5.43 Å². The molecule has 1 amide bonds. The molecule has 3 rings (SSSR count). The largest absolute Gasteiger partial charge is 0.378 e. The summed E-state index contributed by atoms with van der Waals surface area (Å²) in [4.78, 5) is 17.9. The van der Waals surface area contributed by atoms with E-state index in [1.807, 2.05) is 32.1 Å². The van der Waals surface area contributed by atoms with E-state index in [1.165, 1.54) is 12.1 Å². The number of hydrogen-bond donors (Lipinski definition) is 1. The molecule has 2 unspecified atom stereocenters. The van der Waals surface area contributed by atoms with Crippen molar-refractivity contribution >= 4 is 5.91 Å². The van der Waals surface area contributed by atoms with Crippen molar-refractivity contribution in [1.82, 2.24) is 20.2 Å². The van der Waals surface area contributed by atoms with Gasteiger partial charge in [0.05, 0.1) is 19.3 Å². The van der Waals surface area contributed by atoms with Gasteiger partial charge in [-0.3, -0.25) is 9.69 Å². The first-order valence-electron chi connectivity index (χ1n) is 13.8. The van der Waals surface area contributed by atoms with Crippen LogP contribution >= 0.6 is 0 Å². The van der Waals surface area contributed by atoms with E-state index in [1.54, 1.807) is 23.1 Å². The molecule has 0 spiro atoms. The van der Waals surface area contributed by atoms with Crippen molar-refractivity contribution in [3.63, 3.8) is 0 Å². The van der Waals surface area contributed by atoms with Crippen LogP contribution in [0.25, 0.3) is 0 Å². The van der Waals surface area contributed by atoms with Crippen LogP contribution in [0.4, 0.5) is 13.2 Å². The Hall–Kier alpha value is -2.24. The smallest absolute Gasteiger partial charge is 0.278 e. The lowest BCUT2D eigenvalue weighted by Crippen LogP contribution is -2.53. The molecule has 0 aromatic carbocycles. The fourth-order valence-corrected chi connectivity index (χ4v) is 5.11. The monoisotopic (exact) mass is 552 g/mol. The third-order valence-corrected chi connectivity index (χ3v) is 7.35. The fraction of sp³-hybridized carbons (Fsp3) is 0.621. The minimum atomic E-state index is -2.69. The molecule has 0 aliphatic carbocycles. The predicted octanol–water partition coefficient (Wildman–Crippen LogP) is 4.58. The Kier molecular flexibility index (Phi) is 12.5. The number of hydrazine groups is 1. The normalized spacial score (nSPS) is 25.1. The number of piperidine rings is 1. The van der Waals surface area contributed by atoms with Gasteiger partial charge in [-0.25, -0.2) is 23.6 Å². The number of likely N-dealkylation sites (tertiary alicyclic amines) is 1. The molecule has 39 heavy (non-hydrogen) atoms. The lowest BCUT2D eigenvalue weighted by atomic mass is 9.93. The van der Waals surface area contributed by atoms with Crippen LogP contribution in [0.1, 0.15) is 39.5 Å². The van der Waals surface area contributed by atoms with Crippen molar-refractivity contribution in [2.45, 2.75) is 64.5 Å². The highest BCUT2D eigenvalue weighted by Gasteiger charge is 2.38. The van der Waals surface area contributed by atoms with E-state index >= 15 is 0 Å². The molecule has 2 atom stereocenters. The average molecular weight is 553 g/mol. The number of halogens is 3. The zero-order valence-electron chi connectivity index (χ0n) is 23.3. The van der Waals surface area contributed by atoms with Crippen LogP contribution in [0.5, 0.6) is 0 Å². The number of alkyl halides is 3. The van der Waals surface area contributed by atoms with E-state index in [9.17, 15) is 18.0 Å². The highest BCUT2D eigenvalue weighted by molar-refractivity contribution is 5.81. The van der Waals surface area contributed by atoms with Crippen molar-refractivity contribution < 1.29 is 27.4 Å². The van der Waals surface area contributed by atoms with Crippen LogP contribution in [0.15, 0.2) is 59.9 Å². The van der Waals surface area contributed by atoms with Crippen molar-refractivity contribution in [1.29, 1.82) is 0 Å². The molecule has 0 aromatic rings. The maximum absolute atomic E-state index is 14.2. The topological polar surface area (TPSA) is 57.3 Å². The first-order chi connectivity index (χ1) is 18.8. The van der Waals surface area contributed by atoms with Gasteiger partial charge in [-0.2, -0.15) is 0 Å². The van der Waals surface area contributed by atoms with Gasteiger partial charge in [-0.05, 0) is 69.0 Å². The van der Waals surface area contributed by atoms with Crippen LogP contribution in [-0.2, 0) is 14.3 Å². The molecule has 0 aromatic heterocycles. The van der Waals surface area contributed by atoms with Gasteiger partial charge in [0.25, 0.3) is 6.43 Å². The Labute approximate surface area is 230 Å². The van der Waals surface area contributed by atoms with Gasteiger partial charge in [0.1, 0.15) is 12.9 Å². The Morgan fingerprint density at radius 1 is 1.26 bits per heavy atom. The highest BCUT2D eigenvalue weighted by atomic mass is 19.3. The maximum Gasteiger partial charge on any atom is 0.278 e. The SMILES string of the molecule is C=C/C=C(\C=C/C)N(CC/C(=C\C(=C/CC)C1NN(C)C(C(F)F)O1)CF)C(=O)C1CCN(C2COC2)CC1. The number of rotatable bonds is 13. The van der Waals surface area contributed by atoms with Gasteiger partial charge in [0.2, 0.25) is 5.91 Å². The van der Waals surface area contributed by atoms with Crippen molar-refractivity contribution in [3.8, 4) is 0 Å². The van der Waals surface area contributed by atoms with E-state index in [4.69, 9.17) is 9.47 Å². The number of ether oxygens (including phenoxy) is 2. The molecule has 3 aliphatic rings. The number of allylic oxidation sites excluding steroid dienone is 5. The van der Waals surface area contributed by atoms with Crippen molar-refractivity contribution in [2.24, 2.45) is 5.92 Å². The number of hydrogen-bond acceptors (Lipinski definition) is 6. The van der Waals surface area contributed by atoms with Crippen molar-refractivity contribution in [2.75, 3.05) is 46.6 Å². The summed E-state index contributed by atoms with van der Waals surface area (Å²) in [6, 6.07) is 0.452. The molecule has 0 radical (unpaired) electrons. The number of nitrogens with zero attached hydrogens (tertiary/aromatic N) is 3. The third-order valence-electron chi connectivity index (χ3n) is 7.35. The summed E-state index contributed by atoms with van der Waals surface area (Å²) < 4.78 is 51.7. The average Bonchev–Trinajstić information content (AvgIpc) is 3.29. The minimum Gasteiger partial charge on any atom is -0.378 e. The molecule has 3 heterocycles. The Morgan fingerprint density at radius 3 is 2.49 bits per heavy atom. The molecule has 3 aliphatic heterocycles. The van der Waals surface area contributed by atoms with Gasteiger partial charge >= 0.3 is 0 Å².